The Kier molecular flexibility index (Phi) is 5.61. The molecule has 0 saturated carbocycles. The fourth-order valence-electron chi connectivity index (χ4n) is 1.41. The molecular formula is C12H22N4. The Morgan fingerprint density at radius 2 is 1.75 bits per heavy atom. The molecule has 1 heterocycles. The summed E-state index contributed by atoms with van der Waals surface area (Å²) in [6, 6.07) is 1.97. The van der Waals surface area contributed by atoms with Crippen LogP contribution in [0.15, 0.2) is 6.07 Å². The molecule has 1 aromatic heterocycles. The van der Waals surface area contributed by atoms with E-state index < -0.39 is 0 Å². The molecule has 0 bridgehead atoms. The van der Waals surface area contributed by atoms with Gasteiger partial charge in [0.05, 0.1) is 0 Å². The molecular weight excluding hydrogens is 200 g/mol. The minimum absolute atomic E-state index is 0.863. The SMILES string of the molecule is CCCCNc1cc(NCC)nc(CC)n1. The average Bonchev–Trinajstić information content (AvgIpc) is 2.29. The molecule has 0 aliphatic carbocycles. The molecule has 1 rings (SSSR count). The van der Waals surface area contributed by atoms with Gasteiger partial charge in [-0.2, -0.15) is 0 Å². The number of anilines is 2. The maximum atomic E-state index is 4.44. The van der Waals surface area contributed by atoms with Crippen molar-refractivity contribution in [3.05, 3.63) is 11.9 Å². The first-order valence-electron chi connectivity index (χ1n) is 6.15. The van der Waals surface area contributed by atoms with E-state index in [2.05, 4.69) is 41.4 Å². The fraction of sp³-hybridized carbons (Fsp3) is 0.667. The third-order valence-electron chi connectivity index (χ3n) is 2.28. The minimum atomic E-state index is 0.863. The van der Waals surface area contributed by atoms with Crippen molar-refractivity contribution in [2.45, 2.75) is 40.0 Å². The van der Waals surface area contributed by atoms with E-state index in [-0.39, 0.29) is 0 Å². The van der Waals surface area contributed by atoms with Gasteiger partial charge in [0.25, 0.3) is 0 Å². The molecule has 1 aromatic rings. The lowest BCUT2D eigenvalue weighted by molar-refractivity contribution is 0.826. The van der Waals surface area contributed by atoms with E-state index in [4.69, 9.17) is 0 Å². The topological polar surface area (TPSA) is 49.8 Å². The lowest BCUT2D eigenvalue weighted by Crippen LogP contribution is -2.08. The molecule has 2 N–H and O–H groups in total. The highest BCUT2D eigenvalue weighted by Crippen LogP contribution is 2.11. The first-order chi connectivity index (χ1) is 7.80. The van der Waals surface area contributed by atoms with Crippen LogP contribution in [0.25, 0.3) is 0 Å². The number of hydrogen-bond acceptors (Lipinski definition) is 4. The van der Waals surface area contributed by atoms with Crippen molar-refractivity contribution in [3.8, 4) is 0 Å². The van der Waals surface area contributed by atoms with Crippen molar-refractivity contribution >= 4 is 11.6 Å². The third-order valence-corrected chi connectivity index (χ3v) is 2.28. The van der Waals surface area contributed by atoms with Crippen LogP contribution < -0.4 is 10.6 Å². The van der Waals surface area contributed by atoms with Crippen molar-refractivity contribution in [1.82, 2.24) is 9.97 Å². The Labute approximate surface area is 97.9 Å². The van der Waals surface area contributed by atoms with Crippen LogP contribution in [0.3, 0.4) is 0 Å². The number of aryl methyl sites for hydroxylation is 1. The van der Waals surface area contributed by atoms with Crippen LogP contribution >= 0.6 is 0 Å². The Morgan fingerprint density at radius 1 is 1.06 bits per heavy atom. The van der Waals surface area contributed by atoms with Crippen LogP contribution in [-0.4, -0.2) is 23.1 Å². The molecule has 0 saturated heterocycles. The minimum Gasteiger partial charge on any atom is -0.370 e. The van der Waals surface area contributed by atoms with Gasteiger partial charge in [-0.25, -0.2) is 9.97 Å². The van der Waals surface area contributed by atoms with E-state index in [9.17, 15) is 0 Å². The van der Waals surface area contributed by atoms with Gasteiger partial charge in [-0.15, -0.1) is 0 Å². The van der Waals surface area contributed by atoms with Gasteiger partial charge in [-0.3, -0.25) is 0 Å². The van der Waals surface area contributed by atoms with Crippen LogP contribution in [0.1, 0.15) is 39.4 Å². The summed E-state index contributed by atoms with van der Waals surface area (Å²) < 4.78 is 0. The van der Waals surface area contributed by atoms with Crippen molar-refractivity contribution in [1.29, 1.82) is 0 Å². The summed E-state index contributed by atoms with van der Waals surface area (Å²) in [4.78, 5) is 8.85. The summed E-state index contributed by atoms with van der Waals surface area (Å²) in [6.07, 6.45) is 3.22. The first-order valence-corrected chi connectivity index (χ1v) is 6.15. The number of unbranched alkanes of at least 4 members (excludes halogenated alkanes) is 1. The zero-order chi connectivity index (χ0) is 11.8. The smallest absolute Gasteiger partial charge is 0.132 e. The molecule has 0 spiro atoms. The zero-order valence-corrected chi connectivity index (χ0v) is 10.5. The second-order valence-corrected chi connectivity index (χ2v) is 3.72. The van der Waals surface area contributed by atoms with Crippen molar-refractivity contribution in [2.75, 3.05) is 23.7 Å². The van der Waals surface area contributed by atoms with Crippen molar-refractivity contribution in [3.63, 3.8) is 0 Å². The van der Waals surface area contributed by atoms with Crippen LogP contribution in [0.4, 0.5) is 11.6 Å². The highest BCUT2D eigenvalue weighted by Gasteiger charge is 2.01. The summed E-state index contributed by atoms with van der Waals surface area (Å²) in [7, 11) is 0. The van der Waals surface area contributed by atoms with E-state index in [0.717, 1.165) is 37.0 Å². The Bertz CT molecular complexity index is 312. The lowest BCUT2D eigenvalue weighted by Gasteiger charge is -2.09. The van der Waals surface area contributed by atoms with Gasteiger partial charge in [-0.1, -0.05) is 20.3 Å². The van der Waals surface area contributed by atoms with Crippen LogP contribution in [0.5, 0.6) is 0 Å². The third kappa shape index (κ3) is 4.04. The Morgan fingerprint density at radius 3 is 2.31 bits per heavy atom. The van der Waals surface area contributed by atoms with Gasteiger partial charge in [0.15, 0.2) is 0 Å². The summed E-state index contributed by atoms with van der Waals surface area (Å²) in [5.74, 6) is 2.72. The number of hydrogen-bond donors (Lipinski definition) is 2. The highest BCUT2D eigenvalue weighted by molar-refractivity contribution is 5.47. The zero-order valence-electron chi connectivity index (χ0n) is 10.5. The van der Waals surface area contributed by atoms with Crippen LogP contribution in [0.2, 0.25) is 0 Å². The molecule has 0 fully saturated rings. The molecule has 0 amide bonds. The van der Waals surface area contributed by atoms with Gasteiger partial charge in [0, 0.05) is 25.6 Å². The maximum absolute atomic E-state index is 4.44. The van der Waals surface area contributed by atoms with Crippen LogP contribution in [0, 0.1) is 0 Å². The molecule has 4 nitrogen and oxygen atoms in total. The van der Waals surface area contributed by atoms with Crippen LogP contribution in [-0.2, 0) is 6.42 Å². The number of nitrogens with one attached hydrogen (secondary N) is 2. The molecule has 0 radical (unpaired) electrons. The molecule has 90 valence electrons. The molecule has 4 heteroatoms. The van der Waals surface area contributed by atoms with E-state index in [0.29, 0.717) is 0 Å². The summed E-state index contributed by atoms with van der Waals surface area (Å²) >= 11 is 0. The standard InChI is InChI=1S/C12H22N4/c1-4-7-8-14-12-9-11(13-6-3)15-10(5-2)16-12/h9H,4-8H2,1-3H3,(H2,13,14,15,16). The number of aromatic nitrogens is 2. The monoisotopic (exact) mass is 222 g/mol. The quantitative estimate of drug-likeness (QED) is 0.696. The average molecular weight is 222 g/mol. The largest absolute Gasteiger partial charge is 0.370 e. The van der Waals surface area contributed by atoms with Crippen molar-refractivity contribution in [2.24, 2.45) is 0 Å². The van der Waals surface area contributed by atoms with Gasteiger partial charge in [0.1, 0.15) is 17.5 Å². The van der Waals surface area contributed by atoms with E-state index in [1.165, 1.54) is 12.8 Å². The van der Waals surface area contributed by atoms with E-state index in [1.807, 2.05) is 6.07 Å². The molecule has 0 atom stereocenters. The molecule has 0 aromatic carbocycles. The van der Waals surface area contributed by atoms with Crippen molar-refractivity contribution < 1.29 is 0 Å². The molecule has 0 aliphatic heterocycles. The summed E-state index contributed by atoms with van der Waals surface area (Å²) in [6.45, 7) is 8.18. The molecule has 0 unspecified atom stereocenters. The second kappa shape index (κ2) is 7.04. The van der Waals surface area contributed by atoms with E-state index in [1.54, 1.807) is 0 Å². The van der Waals surface area contributed by atoms with Gasteiger partial charge in [0.2, 0.25) is 0 Å². The number of nitrogens with zero attached hydrogens (tertiary/aromatic N) is 2. The molecule has 16 heavy (non-hydrogen) atoms. The second-order valence-electron chi connectivity index (χ2n) is 3.72. The highest BCUT2D eigenvalue weighted by atomic mass is 15.1. The number of rotatable bonds is 7. The predicted octanol–water partition coefficient (Wildman–Crippen LogP) is 2.68. The Balaban J connectivity index is 2.69. The van der Waals surface area contributed by atoms with Gasteiger partial charge >= 0.3 is 0 Å². The maximum Gasteiger partial charge on any atom is 0.132 e. The predicted molar refractivity (Wildman–Crippen MR) is 69.0 cm³/mol. The lowest BCUT2D eigenvalue weighted by atomic mass is 10.3. The summed E-state index contributed by atoms with van der Waals surface area (Å²) in [5.41, 5.74) is 0. The normalized spacial score (nSPS) is 10.2. The van der Waals surface area contributed by atoms with Gasteiger partial charge in [-0.05, 0) is 13.3 Å². The Hall–Kier alpha value is -1.32. The fourth-order valence-corrected chi connectivity index (χ4v) is 1.41. The van der Waals surface area contributed by atoms with E-state index >= 15 is 0 Å². The first kappa shape index (κ1) is 12.7. The summed E-state index contributed by atoms with van der Waals surface area (Å²) in [5, 5.41) is 6.55. The van der Waals surface area contributed by atoms with Gasteiger partial charge < -0.3 is 10.6 Å². The molecule has 0 aliphatic rings.